The zero-order valence-corrected chi connectivity index (χ0v) is 17.4. The van der Waals surface area contributed by atoms with Gasteiger partial charge in [0.2, 0.25) is 5.13 Å². The number of hydrazone groups is 2. The maximum absolute atomic E-state index is 12.8. The molecule has 1 aliphatic heterocycles. The Morgan fingerprint density at radius 3 is 2.67 bits per heavy atom. The summed E-state index contributed by atoms with van der Waals surface area (Å²) in [5, 5.41) is 21.8. The van der Waals surface area contributed by atoms with Gasteiger partial charge >= 0.3 is 5.91 Å². The normalized spacial score (nSPS) is 14.9. The van der Waals surface area contributed by atoms with E-state index in [9.17, 15) is 9.90 Å². The molecule has 0 saturated carbocycles. The predicted octanol–water partition coefficient (Wildman–Crippen LogP) is 4.02. The van der Waals surface area contributed by atoms with Gasteiger partial charge in [0, 0.05) is 17.0 Å². The van der Waals surface area contributed by atoms with Crippen molar-refractivity contribution in [1.29, 1.82) is 0 Å². The number of nitrogens with zero attached hydrogens (tertiary/aromatic N) is 4. The fourth-order valence-electron chi connectivity index (χ4n) is 2.84. The lowest BCUT2D eigenvalue weighted by atomic mass is 10.1. The molecule has 1 aliphatic rings. The van der Waals surface area contributed by atoms with Crippen molar-refractivity contribution >= 4 is 39.5 Å². The van der Waals surface area contributed by atoms with E-state index < -0.39 is 0 Å². The molecule has 3 aromatic rings. The Balaban J connectivity index is 1.54. The van der Waals surface area contributed by atoms with Gasteiger partial charge < -0.3 is 9.84 Å². The zero-order valence-electron chi connectivity index (χ0n) is 16.6. The third-order valence-corrected chi connectivity index (χ3v) is 5.30. The van der Waals surface area contributed by atoms with E-state index in [4.69, 9.17) is 4.74 Å². The summed E-state index contributed by atoms with van der Waals surface area (Å²) < 4.78 is 5.08. The molecule has 0 fully saturated rings. The minimum atomic E-state index is -0.365. The van der Waals surface area contributed by atoms with Crippen LogP contribution in [0.25, 0.3) is 11.3 Å². The second-order valence-corrected chi connectivity index (χ2v) is 7.48. The summed E-state index contributed by atoms with van der Waals surface area (Å²) >= 11 is 1.34. The van der Waals surface area contributed by atoms with Crippen LogP contribution in [0.4, 0.5) is 10.8 Å². The van der Waals surface area contributed by atoms with Crippen molar-refractivity contribution in [3.8, 4) is 22.8 Å². The minimum Gasteiger partial charge on any atom is -0.504 e. The summed E-state index contributed by atoms with van der Waals surface area (Å²) in [5.41, 5.74) is 6.97. The Kier molecular flexibility index (Phi) is 5.20. The molecule has 0 spiro atoms. The molecule has 4 rings (SSSR count). The number of aromatic hydroxyl groups is 1. The highest BCUT2D eigenvalue weighted by Crippen LogP contribution is 2.30. The van der Waals surface area contributed by atoms with Gasteiger partial charge in [0.25, 0.3) is 0 Å². The van der Waals surface area contributed by atoms with Crippen LogP contribution in [0.5, 0.6) is 11.5 Å². The molecule has 0 unspecified atom stereocenters. The van der Waals surface area contributed by atoms with Crippen molar-refractivity contribution in [1.82, 2.24) is 4.98 Å². The van der Waals surface area contributed by atoms with Crippen LogP contribution in [0.3, 0.4) is 0 Å². The zero-order chi connectivity index (χ0) is 21.3. The number of nitrogens with one attached hydrogen (secondary N) is 1. The SMILES string of the molecule is COc1cc(NN=C2C(=O)N(c3nc(-c4ccc(C)cc4)cs3)N=C2C)ccc1O. The molecular formula is C21H19N5O3S. The number of thiazole rings is 1. The van der Waals surface area contributed by atoms with Crippen LogP contribution in [0.15, 0.2) is 58.0 Å². The summed E-state index contributed by atoms with van der Waals surface area (Å²) in [7, 11) is 1.46. The summed E-state index contributed by atoms with van der Waals surface area (Å²) in [6.45, 7) is 3.74. The number of phenolic OH excluding ortho intramolecular Hbond substituents is 1. The Hall–Kier alpha value is -3.72. The number of benzene rings is 2. The molecule has 2 N–H and O–H groups in total. The van der Waals surface area contributed by atoms with Gasteiger partial charge in [-0.1, -0.05) is 29.8 Å². The predicted molar refractivity (Wildman–Crippen MR) is 119 cm³/mol. The van der Waals surface area contributed by atoms with E-state index in [0.29, 0.717) is 22.3 Å². The molecule has 2 aromatic carbocycles. The number of carbonyl (C=O) groups is 1. The number of aryl methyl sites for hydroxylation is 1. The number of aromatic nitrogens is 1. The van der Waals surface area contributed by atoms with Crippen molar-refractivity contribution < 1.29 is 14.6 Å². The van der Waals surface area contributed by atoms with E-state index in [1.807, 2.05) is 36.6 Å². The van der Waals surface area contributed by atoms with Crippen LogP contribution in [0.2, 0.25) is 0 Å². The number of carbonyl (C=O) groups excluding carboxylic acids is 1. The van der Waals surface area contributed by atoms with Crippen LogP contribution in [0, 0.1) is 6.92 Å². The lowest BCUT2D eigenvalue weighted by Crippen LogP contribution is -2.27. The third kappa shape index (κ3) is 3.74. The van der Waals surface area contributed by atoms with Crippen molar-refractivity contribution in [2.75, 3.05) is 17.5 Å². The summed E-state index contributed by atoms with van der Waals surface area (Å²) in [6, 6.07) is 12.7. The van der Waals surface area contributed by atoms with Gasteiger partial charge in [-0.15, -0.1) is 11.3 Å². The molecule has 0 aliphatic carbocycles. The van der Waals surface area contributed by atoms with Crippen LogP contribution in [-0.4, -0.2) is 34.5 Å². The van der Waals surface area contributed by atoms with Gasteiger partial charge in [0.05, 0.1) is 24.2 Å². The number of ether oxygens (including phenoxy) is 1. The topological polar surface area (TPSA) is 99.4 Å². The Morgan fingerprint density at radius 2 is 1.93 bits per heavy atom. The van der Waals surface area contributed by atoms with E-state index in [1.54, 1.807) is 19.1 Å². The highest BCUT2D eigenvalue weighted by molar-refractivity contribution is 7.14. The van der Waals surface area contributed by atoms with E-state index in [0.717, 1.165) is 11.3 Å². The molecule has 1 amide bonds. The van der Waals surface area contributed by atoms with Crippen LogP contribution in [-0.2, 0) is 4.79 Å². The molecule has 1 aromatic heterocycles. The van der Waals surface area contributed by atoms with Gasteiger partial charge in [0.1, 0.15) is 0 Å². The van der Waals surface area contributed by atoms with Crippen LogP contribution in [0.1, 0.15) is 12.5 Å². The summed E-state index contributed by atoms with van der Waals surface area (Å²) in [5.74, 6) is -0.0448. The molecule has 30 heavy (non-hydrogen) atoms. The number of amides is 1. The van der Waals surface area contributed by atoms with Gasteiger partial charge in [-0.2, -0.15) is 15.2 Å². The van der Waals surface area contributed by atoms with Crippen molar-refractivity contribution in [2.24, 2.45) is 10.2 Å². The maximum atomic E-state index is 12.8. The fraction of sp³-hybridized carbons (Fsp3) is 0.143. The number of methoxy groups -OCH3 is 1. The number of phenols is 1. The number of rotatable bonds is 5. The summed E-state index contributed by atoms with van der Waals surface area (Å²) in [6.07, 6.45) is 0. The van der Waals surface area contributed by atoms with Crippen molar-refractivity contribution in [2.45, 2.75) is 13.8 Å². The second-order valence-electron chi connectivity index (χ2n) is 6.64. The molecule has 9 heteroatoms. The van der Waals surface area contributed by atoms with Gasteiger partial charge in [-0.3, -0.25) is 10.2 Å². The Morgan fingerprint density at radius 1 is 1.17 bits per heavy atom. The number of hydrogen-bond donors (Lipinski definition) is 2. The monoisotopic (exact) mass is 421 g/mol. The molecule has 0 saturated heterocycles. The van der Waals surface area contributed by atoms with E-state index in [1.165, 1.54) is 35.1 Å². The second kappa shape index (κ2) is 7.96. The molecule has 0 atom stereocenters. The molecular weight excluding hydrogens is 402 g/mol. The standard InChI is InChI=1S/C21H19N5O3S/c1-12-4-6-14(7-5-12)16-11-30-21(22-16)26-20(28)19(13(2)25-26)24-23-15-8-9-17(27)18(10-15)29-3/h4-11,23,27H,1-3H3. The van der Waals surface area contributed by atoms with E-state index in [2.05, 4.69) is 20.6 Å². The third-order valence-electron chi connectivity index (χ3n) is 4.48. The average molecular weight is 421 g/mol. The van der Waals surface area contributed by atoms with Crippen LogP contribution < -0.4 is 15.2 Å². The molecule has 2 heterocycles. The quantitative estimate of drug-likeness (QED) is 0.479. The lowest BCUT2D eigenvalue weighted by molar-refractivity contribution is -0.112. The smallest absolute Gasteiger partial charge is 0.303 e. The molecule has 0 radical (unpaired) electrons. The maximum Gasteiger partial charge on any atom is 0.303 e. The highest BCUT2D eigenvalue weighted by Gasteiger charge is 2.32. The van der Waals surface area contributed by atoms with Gasteiger partial charge in [-0.05, 0) is 26.0 Å². The van der Waals surface area contributed by atoms with Crippen LogP contribution >= 0.6 is 11.3 Å². The Labute approximate surface area is 177 Å². The van der Waals surface area contributed by atoms with E-state index in [-0.39, 0.29) is 17.4 Å². The van der Waals surface area contributed by atoms with Gasteiger partial charge in [-0.25, -0.2) is 4.98 Å². The fourth-order valence-corrected chi connectivity index (χ4v) is 3.62. The first-order valence-corrected chi connectivity index (χ1v) is 9.97. The van der Waals surface area contributed by atoms with Crippen molar-refractivity contribution in [3.63, 3.8) is 0 Å². The Bertz CT molecular complexity index is 1170. The molecule has 152 valence electrons. The average Bonchev–Trinajstić information content (AvgIpc) is 3.33. The lowest BCUT2D eigenvalue weighted by Gasteiger charge is -2.08. The first-order valence-electron chi connectivity index (χ1n) is 9.09. The largest absolute Gasteiger partial charge is 0.504 e. The van der Waals surface area contributed by atoms with E-state index >= 15 is 0 Å². The van der Waals surface area contributed by atoms with Crippen molar-refractivity contribution in [3.05, 3.63) is 53.4 Å². The minimum absolute atomic E-state index is 0.0183. The summed E-state index contributed by atoms with van der Waals surface area (Å²) in [4.78, 5) is 17.4. The number of anilines is 2. The first-order chi connectivity index (χ1) is 14.5. The molecule has 0 bridgehead atoms. The number of hydrogen-bond acceptors (Lipinski definition) is 8. The highest BCUT2D eigenvalue weighted by atomic mass is 32.1. The first kappa shape index (κ1) is 19.6. The molecule has 8 nitrogen and oxygen atoms in total. The van der Waals surface area contributed by atoms with Gasteiger partial charge in [0.15, 0.2) is 17.2 Å².